The summed E-state index contributed by atoms with van der Waals surface area (Å²) in [6.07, 6.45) is 0. The van der Waals surface area contributed by atoms with E-state index < -0.39 is 20.9 Å². The topological polar surface area (TPSA) is 118 Å². The molecule has 2 aromatic carbocycles. The van der Waals surface area contributed by atoms with Gasteiger partial charge in [-0.3, -0.25) is 14.9 Å². The molecule has 2 rings (SSSR count). The Labute approximate surface area is 149 Å². The summed E-state index contributed by atoms with van der Waals surface area (Å²) in [5, 5.41) is 13.3. The van der Waals surface area contributed by atoms with Crippen molar-refractivity contribution in [2.75, 3.05) is 7.05 Å². The molecule has 0 heterocycles. The average Bonchev–Trinajstić information content (AvgIpc) is 2.60. The van der Waals surface area contributed by atoms with Gasteiger partial charge in [-0.05, 0) is 30.8 Å². The number of nitro benzene ring substituents is 1. The number of halogens is 1. The molecule has 0 saturated heterocycles. The van der Waals surface area contributed by atoms with Crippen LogP contribution in [0.1, 0.15) is 15.9 Å². The molecular weight excluding hydrogens is 370 g/mol. The Balaban J connectivity index is 2.15. The van der Waals surface area contributed by atoms with E-state index in [1.807, 2.05) is 0 Å². The van der Waals surface area contributed by atoms with Gasteiger partial charge in [-0.2, -0.15) is 0 Å². The van der Waals surface area contributed by atoms with Gasteiger partial charge in [0.1, 0.15) is 0 Å². The van der Waals surface area contributed by atoms with Gasteiger partial charge in [0.05, 0.1) is 20.4 Å². The number of non-ortho nitro benzene ring substituents is 1. The zero-order chi connectivity index (χ0) is 18.6. The van der Waals surface area contributed by atoms with Gasteiger partial charge in [0.15, 0.2) is 0 Å². The number of benzene rings is 2. The van der Waals surface area contributed by atoms with Crippen LogP contribution in [0.3, 0.4) is 0 Å². The molecule has 2 aromatic rings. The minimum absolute atomic E-state index is 0.0138. The van der Waals surface area contributed by atoms with Crippen LogP contribution in [-0.4, -0.2) is 26.3 Å². The number of nitrogens with one attached hydrogen (secondary N) is 2. The van der Waals surface area contributed by atoms with Crippen molar-refractivity contribution in [3.05, 3.63) is 68.7 Å². The molecule has 0 saturated carbocycles. The summed E-state index contributed by atoms with van der Waals surface area (Å²) in [6.45, 7) is 0.107. The Morgan fingerprint density at radius 2 is 1.84 bits per heavy atom. The molecule has 132 valence electrons. The van der Waals surface area contributed by atoms with E-state index in [0.717, 1.165) is 0 Å². The van der Waals surface area contributed by atoms with Crippen molar-refractivity contribution in [3.63, 3.8) is 0 Å². The molecular formula is C15H14ClN3O5S. The number of carbonyl (C=O) groups excluding carboxylic acids is 1. The summed E-state index contributed by atoms with van der Waals surface area (Å²) in [5.41, 5.74) is 0.608. The third-order valence-corrected chi connectivity index (χ3v) is 5.10. The molecule has 0 fully saturated rings. The fourth-order valence-corrected chi connectivity index (χ4v) is 2.94. The van der Waals surface area contributed by atoms with Crippen LogP contribution in [0.25, 0.3) is 0 Å². The Bertz CT molecular complexity index is 913. The van der Waals surface area contributed by atoms with Gasteiger partial charge in [0.25, 0.3) is 11.6 Å². The Hall–Kier alpha value is -2.49. The third-order valence-electron chi connectivity index (χ3n) is 3.36. The van der Waals surface area contributed by atoms with Crippen LogP contribution in [-0.2, 0) is 16.6 Å². The Morgan fingerprint density at radius 3 is 2.40 bits per heavy atom. The van der Waals surface area contributed by atoms with E-state index in [4.69, 9.17) is 11.6 Å². The molecule has 0 aliphatic carbocycles. The highest BCUT2D eigenvalue weighted by Crippen LogP contribution is 2.20. The zero-order valence-electron chi connectivity index (χ0n) is 13.0. The van der Waals surface area contributed by atoms with E-state index >= 15 is 0 Å². The molecule has 0 unspecified atom stereocenters. The van der Waals surface area contributed by atoms with E-state index in [2.05, 4.69) is 10.0 Å². The largest absolute Gasteiger partial charge is 0.348 e. The molecule has 0 radical (unpaired) electrons. The first-order valence-corrected chi connectivity index (χ1v) is 8.85. The second-order valence-corrected chi connectivity index (χ2v) is 7.25. The summed E-state index contributed by atoms with van der Waals surface area (Å²) in [7, 11) is -2.44. The molecule has 8 nitrogen and oxygen atoms in total. The second-order valence-electron chi connectivity index (χ2n) is 4.96. The maximum atomic E-state index is 12.3. The molecule has 0 atom stereocenters. The first kappa shape index (κ1) is 18.8. The van der Waals surface area contributed by atoms with E-state index in [-0.39, 0.29) is 27.7 Å². The maximum Gasteiger partial charge on any atom is 0.269 e. The number of hydrogen-bond donors (Lipinski definition) is 2. The number of nitrogens with zero attached hydrogens (tertiary/aromatic N) is 1. The van der Waals surface area contributed by atoms with Gasteiger partial charge in [-0.1, -0.05) is 23.7 Å². The number of carbonyl (C=O) groups is 1. The number of hydrogen-bond acceptors (Lipinski definition) is 5. The van der Waals surface area contributed by atoms with E-state index in [0.29, 0.717) is 5.56 Å². The zero-order valence-corrected chi connectivity index (χ0v) is 14.6. The van der Waals surface area contributed by atoms with Crippen LogP contribution in [0.4, 0.5) is 5.69 Å². The predicted octanol–water partition coefficient (Wildman–Crippen LogP) is 2.09. The molecule has 0 bridgehead atoms. The van der Waals surface area contributed by atoms with Gasteiger partial charge in [-0.25, -0.2) is 13.1 Å². The summed E-state index contributed by atoms with van der Waals surface area (Å²) >= 11 is 5.97. The first-order chi connectivity index (χ1) is 11.7. The lowest BCUT2D eigenvalue weighted by molar-refractivity contribution is -0.384. The van der Waals surface area contributed by atoms with Crippen molar-refractivity contribution < 1.29 is 18.1 Å². The van der Waals surface area contributed by atoms with Crippen LogP contribution in [0, 0.1) is 10.1 Å². The molecule has 0 spiro atoms. The smallest absolute Gasteiger partial charge is 0.269 e. The minimum atomic E-state index is -3.70. The van der Waals surface area contributed by atoms with Gasteiger partial charge in [0, 0.05) is 18.7 Å². The molecule has 0 aromatic heterocycles. The van der Waals surface area contributed by atoms with Gasteiger partial charge < -0.3 is 5.32 Å². The summed E-state index contributed by atoms with van der Waals surface area (Å²) in [5.74, 6) is -0.559. The lowest BCUT2D eigenvalue weighted by atomic mass is 10.2. The van der Waals surface area contributed by atoms with Crippen molar-refractivity contribution in [1.29, 1.82) is 0 Å². The monoisotopic (exact) mass is 383 g/mol. The molecule has 25 heavy (non-hydrogen) atoms. The van der Waals surface area contributed by atoms with Crippen molar-refractivity contribution in [2.45, 2.75) is 11.4 Å². The quantitative estimate of drug-likeness (QED) is 0.584. The first-order valence-electron chi connectivity index (χ1n) is 6.99. The number of sulfonamides is 1. The van der Waals surface area contributed by atoms with Crippen molar-refractivity contribution in [3.8, 4) is 0 Å². The van der Waals surface area contributed by atoms with Gasteiger partial charge in [0.2, 0.25) is 10.0 Å². The Morgan fingerprint density at radius 1 is 1.20 bits per heavy atom. The Kier molecular flexibility index (Phi) is 5.73. The van der Waals surface area contributed by atoms with E-state index in [9.17, 15) is 23.3 Å². The minimum Gasteiger partial charge on any atom is -0.348 e. The standard InChI is InChI=1S/C15H14ClN3O5S/c1-17-25(23,24)12-6-7-14(16)13(8-12)15(20)18-9-10-2-4-11(5-3-10)19(21)22/h2-8,17H,9H2,1H3,(H,18,20). The normalized spacial score (nSPS) is 11.1. The highest BCUT2D eigenvalue weighted by Gasteiger charge is 2.17. The summed E-state index contributed by atoms with van der Waals surface area (Å²) in [6, 6.07) is 9.49. The van der Waals surface area contributed by atoms with Crippen LogP contribution < -0.4 is 10.0 Å². The van der Waals surface area contributed by atoms with Crippen LogP contribution in [0.5, 0.6) is 0 Å². The average molecular weight is 384 g/mol. The summed E-state index contributed by atoms with van der Waals surface area (Å²) < 4.78 is 25.8. The van der Waals surface area contributed by atoms with E-state index in [1.54, 1.807) is 0 Å². The molecule has 2 N–H and O–H groups in total. The van der Waals surface area contributed by atoms with Crippen LogP contribution in [0.2, 0.25) is 5.02 Å². The van der Waals surface area contributed by atoms with Crippen molar-refractivity contribution in [2.24, 2.45) is 0 Å². The molecule has 0 aliphatic heterocycles. The number of nitro groups is 1. The number of amides is 1. The molecule has 10 heteroatoms. The predicted molar refractivity (Wildman–Crippen MR) is 92.0 cm³/mol. The van der Waals surface area contributed by atoms with Gasteiger partial charge >= 0.3 is 0 Å². The van der Waals surface area contributed by atoms with E-state index in [1.165, 1.54) is 49.5 Å². The van der Waals surface area contributed by atoms with Gasteiger partial charge in [-0.15, -0.1) is 0 Å². The highest BCUT2D eigenvalue weighted by molar-refractivity contribution is 7.89. The lowest BCUT2D eigenvalue weighted by Crippen LogP contribution is -2.24. The SMILES string of the molecule is CNS(=O)(=O)c1ccc(Cl)c(C(=O)NCc2ccc([N+](=O)[O-])cc2)c1. The van der Waals surface area contributed by atoms with Crippen LogP contribution in [0.15, 0.2) is 47.4 Å². The van der Waals surface area contributed by atoms with Crippen molar-refractivity contribution in [1.82, 2.24) is 10.0 Å². The summed E-state index contributed by atoms with van der Waals surface area (Å²) in [4.78, 5) is 22.3. The number of rotatable bonds is 6. The third kappa shape index (κ3) is 4.53. The maximum absolute atomic E-state index is 12.3. The fraction of sp³-hybridized carbons (Fsp3) is 0.133. The lowest BCUT2D eigenvalue weighted by Gasteiger charge is -2.09. The second kappa shape index (κ2) is 7.60. The van der Waals surface area contributed by atoms with Crippen molar-refractivity contribution >= 4 is 33.2 Å². The molecule has 1 amide bonds. The highest BCUT2D eigenvalue weighted by atomic mass is 35.5. The fourth-order valence-electron chi connectivity index (χ4n) is 1.98. The molecule has 0 aliphatic rings. The van der Waals surface area contributed by atoms with Crippen LogP contribution >= 0.6 is 11.6 Å².